The molecular formula is C31H33ClF3N3O3S. The van der Waals surface area contributed by atoms with E-state index in [4.69, 9.17) is 11.6 Å². The smallest absolute Gasteiger partial charge is 0.368 e. The largest absolute Gasteiger partial charge is 0.417 e. The maximum Gasteiger partial charge on any atom is 0.417 e. The van der Waals surface area contributed by atoms with Crippen LogP contribution >= 0.6 is 11.6 Å². The van der Waals surface area contributed by atoms with Crippen molar-refractivity contribution in [2.75, 3.05) is 44.2 Å². The highest BCUT2D eigenvalue weighted by atomic mass is 35.5. The molecule has 0 radical (unpaired) electrons. The first-order valence-corrected chi connectivity index (χ1v) is 15.7. The molecule has 6 nitrogen and oxygen atoms in total. The third kappa shape index (κ3) is 6.02. The lowest BCUT2D eigenvalue weighted by molar-refractivity contribution is -0.140. The molecule has 0 spiro atoms. The van der Waals surface area contributed by atoms with Gasteiger partial charge in [0.25, 0.3) is 0 Å². The van der Waals surface area contributed by atoms with Crippen molar-refractivity contribution in [3.8, 4) is 0 Å². The van der Waals surface area contributed by atoms with Crippen LogP contribution in [-0.2, 0) is 21.0 Å². The number of hydrogen-bond donors (Lipinski definition) is 0. The molecule has 0 aromatic heterocycles. The van der Waals surface area contributed by atoms with Gasteiger partial charge in [0, 0.05) is 50.0 Å². The second-order valence-corrected chi connectivity index (χ2v) is 13.3. The van der Waals surface area contributed by atoms with Gasteiger partial charge < -0.3 is 9.80 Å². The number of rotatable bonds is 5. The fourth-order valence-electron chi connectivity index (χ4n) is 6.16. The number of anilines is 1. The first-order valence-electron chi connectivity index (χ1n) is 13.9. The Kier molecular flexibility index (Phi) is 8.60. The Hall–Kier alpha value is -3.08. The molecule has 224 valence electrons. The van der Waals surface area contributed by atoms with E-state index in [9.17, 15) is 26.4 Å². The van der Waals surface area contributed by atoms with Crippen molar-refractivity contribution in [3.63, 3.8) is 0 Å². The summed E-state index contributed by atoms with van der Waals surface area (Å²) < 4.78 is 69.7. The number of hydrogen-bond acceptors (Lipinski definition) is 4. The number of alkyl halides is 3. The van der Waals surface area contributed by atoms with E-state index in [-0.39, 0.29) is 24.9 Å². The van der Waals surface area contributed by atoms with Gasteiger partial charge in [-0.15, -0.1) is 0 Å². The maximum absolute atomic E-state index is 14.1. The van der Waals surface area contributed by atoms with Crippen molar-refractivity contribution >= 4 is 33.2 Å². The van der Waals surface area contributed by atoms with E-state index >= 15 is 0 Å². The zero-order valence-electron chi connectivity index (χ0n) is 23.4. The van der Waals surface area contributed by atoms with Crippen molar-refractivity contribution in [2.24, 2.45) is 5.92 Å². The van der Waals surface area contributed by atoms with Crippen LogP contribution in [0.1, 0.15) is 34.6 Å². The summed E-state index contributed by atoms with van der Waals surface area (Å²) in [6, 6.07) is 17.6. The van der Waals surface area contributed by atoms with Gasteiger partial charge in [-0.25, -0.2) is 8.42 Å². The van der Waals surface area contributed by atoms with Crippen LogP contribution in [-0.4, -0.2) is 62.8 Å². The highest BCUT2D eigenvalue weighted by Gasteiger charge is 2.44. The van der Waals surface area contributed by atoms with Crippen molar-refractivity contribution in [2.45, 2.75) is 37.3 Å². The first kappa shape index (κ1) is 30.4. The van der Waals surface area contributed by atoms with E-state index in [0.717, 1.165) is 38.8 Å². The lowest BCUT2D eigenvalue weighted by atomic mass is 9.78. The van der Waals surface area contributed by atoms with E-state index in [1.165, 1.54) is 12.1 Å². The Balaban J connectivity index is 1.42. The van der Waals surface area contributed by atoms with Gasteiger partial charge in [-0.05, 0) is 67.1 Å². The second-order valence-electron chi connectivity index (χ2n) is 11.0. The number of nitrogens with zero attached hydrogens (tertiary/aromatic N) is 3. The summed E-state index contributed by atoms with van der Waals surface area (Å²) in [5, 5.41) is 0.630. The molecule has 2 saturated heterocycles. The van der Waals surface area contributed by atoms with E-state index < -0.39 is 32.6 Å². The fraction of sp³-hybridized carbons (Fsp3) is 0.387. The third-order valence-electron chi connectivity index (χ3n) is 8.39. The van der Waals surface area contributed by atoms with Gasteiger partial charge in [0.2, 0.25) is 15.9 Å². The van der Waals surface area contributed by atoms with E-state index in [2.05, 4.69) is 4.90 Å². The molecule has 0 aliphatic carbocycles. The topological polar surface area (TPSA) is 60.9 Å². The number of benzene rings is 3. The van der Waals surface area contributed by atoms with Crippen LogP contribution in [0.5, 0.6) is 0 Å². The molecule has 0 unspecified atom stereocenters. The van der Waals surface area contributed by atoms with Crippen molar-refractivity contribution in [1.29, 1.82) is 0 Å². The normalized spacial score (nSPS) is 20.5. The Morgan fingerprint density at radius 1 is 0.881 bits per heavy atom. The molecule has 2 atom stereocenters. The Labute approximate surface area is 249 Å². The zero-order chi connectivity index (χ0) is 30.2. The molecule has 3 aromatic carbocycles. The Morgan fingerprint density at radius 2 is 1.55 bits per heavy atom. The number of piperidine rings is 1. The molecule has 0 saturated carbocycles. The zero-order valence-corrected chi connectivity index (χ0v) is 25.0. The molecule has 0 bridgehead atoms. The average molecular weight is 620 g/mol. The summed E-state index contributed by atoms with van der Waals surface area (Å²) in [6.45, 7) is 5.80. The molecule has 5 rings (SSSR count). The van der Waals surface area contributed by atoms with Crippen molar-refractivity contribution in [3.05, 3.63) is 94.0 Å². The van der Waals surface area contributed by atoms with Gasteiger partial charge >= 0.3 is 6.18 Å². The number of amides is 1. The van der Waals surface area contributed by atoms with Gasteiger partial charge in [0.05, 0.1) is 16.4 Å². The van der Waals surface area contributed by atoms with Gasteiger partial charge in [-0.3, -0.25) is 4.79 Å². The summed E-state index contributed by atoms with van der Waals surface area (Å²) >= 11 is 6.23. The number of halogens is 4. The van der Waals surface area contributed by atoms with Crippen LogP contribution in [0.15, 0.2) is 71.6 Å². The van der Waals surface area contributed by atoms with Gasteiger partial charge in [0.1, 0.15) is 0 Å². The number of carbonyl (C=O) groups excluding carboxylic acids is 1. The minimum absolute atomic E-state index is 0.0130. The molecule has 1 amide bonds. The summed E-state index contributed by atoms with van der Waals surface area (Å²) in [4.78, 5) is 17.3. The Bertz CT molecular complexity index is 1570. The molecule has 2 aliphatic heterocycles. The van der Waals surface area contributed by atoms with Crippen molar-refractivity contribution < 1.29 is 26.4 Å². The van der Waals surface area contributed by atoms with Crippen LogP contribution in [0.3, 0.4) is 0 Å². The number of carbonyl (C=O) groups is 1. The summed E-state index contributed by atoms with van der Waals surface area (Å²) in [6.07, 6.45) is -4.52. The maximum atomic E-state index is 14.1. The predicted molar refractivity (Wildman–Crippen MR) is 157 cm³/mol. The standard InChI is InChI=1S/C31H33ClF3N3O3S/c1-21-7-3-4-8-24(21)25-13-14-38(42(40,41)29-10-6-5-9-27(29)31(33,34)35)20-26(25)30(39)37-17-15-36(16-18-37)28-19-23(32)12-11-22(28)2/h3-12,19,25-26H,13-18,20H2,1-2H3/t25-,26-/m1/s1. The first-order chi connectivity index (χ1) is 19.9. The quantitative estimate of drug-likeness (QED) is 0.345. The molecular weight excluding hydrogens is 587 g/mol. The Morgan fingerprint density at radius 3 is 2.24 bits per heavy atom. The lowest BCUT2D eigenvalue weighted by Gasteiger charge is -2.42. The highest BCUT2D eigenvalue weighted by molar-refractivity contribution is 7.89. The lowest BCUT2D eigenvalue weighted by Crippen LogP contribution is -2.54. The molecule has 11 heteroatoms. The minimum Gasteiger partial charge on any atom is -0.368 e. The van der Waals surface area contributed by atoms with E-state index in [1.54, 1.807) is 4.90 Å². The van der Waals surface area contributed by atoms with Crippen LogP contribution < -0.4 is 4.90 Å². The highest BCUT2D eigenvalue weighted by Crippen LogP contribution is 2.40. The van der Waals surface area contributed by atoms with Crippen LogP contribution in [0, 0.1) is 19.8 Å². The molecule has 0 N–H and O–H groups in total. The summed E-state index contributed by atoms with van der Waals surface area (Å²) in [5.74, 6) is -1.20. The number of sulfonamides is 1. The fourth-order valence-corrected chi connectivity index (χ4v) is 8.02. The summed E-state index contributed by atoms with van der Waals surface area (Å²) in [7, 11) is -4.52. The minimum atomic E-state index is -4.83. The third-order valence-corrected chi connectivity index (χ3v) is 10.6. The van der Waals surface area contributed by atoms with E-state index in [1.807, 2.05) is 56.3 Å². The van der Waals surface area contributed by atoms with Gasteiger partial charge in [-0.1, -0.05) is 54.1 Å². The molecule has 2 fully saturated rings. The molecule has 2 aliphatic rings. The van der Waals surface area contributed by atoms with Crippen LogP contribution in [0.2, 0.25) is 5.02 Å². The average Bonchev–Trinajstić information content (AvgIpc) is 2.98. The van der Waals surface area contributed by atoms with Crippen molar-refractivity contribution in [1.82, 2.24) is 9.21 Å². The second kappa shape index (κ2) is 11.9. The molecule has 42 heavy (non-hydrogen) atoms. The number of aryl methyl sites for hydroxylation is 2. The monoisotopic (exact) mass is 619 g/mol. The van der Waals surface area contributed by atoms with Gasteiger partial charge in [0.15, 0.2) is 0 Å². The summed E-state index contributed by atoms with van der Waals surface area (Å²) in [5.41, 5.74) is 2.81. The van der Waals surface area contributed by atoms with Crippen LogP contribution in [0.25, 0.3) is 0 Å². The molecule has 3 aromatic rings. The van der Waals surface area contributed by atoms with Crippen LogP contribution in [0.4, 0.5) is 18.9 Å². The number of piperazine rings is 1. The van der Waals surface area contributed by atoms with Gasteiger partial charge in [-0.2, -0.15) is 17.5 Å². The SMILES string of the molecule is Cc1ccccc1[C@H]1CCN(S(=O)(=O)c2ccccc2C(F)(F)F)C[C@H]1C(=O)N1CCN(c2cc(Cl)ccc2C)CC1. The van der Waals surface area contributed by atoms with E-state index in [0.29, 0.717) is 37.6 Å². The molecule has 2 heterocycles. The predicted octanol–water partition coefficient (Wildman–Crippen LogP) is 6.12.